The van der Waals surface area contributed by atoms with Gasteiger partial charge >= 0.3 is 0 Å². The summed E-state index contributed by atoms with van der Waals surface area (Å²) in [6.45, 7) is 4.23. The molecule has 96 valence electrons. The van der Waals surface area contributed by atoms with Gasteiger partial charge in [0.2, 0.25) is 0 Å². The molecule has 1 aromatic carbocycles. The molecule has 0 amide bonds. The molecule has 4 nitrogen and oxygen atoms in total. The van der Waals surface area contributed by atoms with Gasteiger partial charge in [-0.25, -0.2) is 0 Å². The van der Waals surface area contributed by atoms with Gasteiger partial charge in [-0.05, 0) is 25.6 Å². The summed E-state index contributed by atoms with van der Waals surface area (Å²) in [5, 5.41) is 12.2. The zero-order chi connectivity index (χ0) is 13.0. The molecule has 1 N–H and O–H groups in total. The Labute approximate surface area is 108 Å². The molecule has 0 aliphatic carbocycles. The first-order chi connectivity index (χ1) is 8.76. The van der Waals surface area contributed by atoms with Crippen LogP contribution in [0.5, 0.6) is 0 Å². The number of morpholine rings is 1. The SMILES string of the molecule is CNC(C)c1ccccc1N1CCOC(C#N)C1. The number of benzene rings is 1. The normalized spacial score (nSPS) is 21.4. The second-order valence-electron chi connectivity index (χ2n) is 4.50. The van der Waals surface area contributed by atoms with E-state index in [1.54, 1.807) is 0 Å². The number of ether oxygens (including phenoxy) is 1. The Balaban J connectivity index is 2.25. The van der Waals surface area contributed by atoms with E-state index in [2.05, 4.69) is 41.4 Å². The number of para-hydroxylation sites is 1. The molecule has 18 heavy (non-hydrogen) atoms. The lowest BCUT2D eigenvalue weighted by atomic mass is 10.0. The minimum Gasteiger partial charge on any atom is -0.365 e. The summed E-state index contributed by atoms with van der Waals surface area (Å²) in [5.74, 6) is 0. The van der Waals surface area contributed by atoms with Crippen molar-refractivity contribution in [3.8, 4) is 6.07 Å². The molecule has 1 heterocycles. The number of hydrogen-bond donors (Lipinski definition) is 1. The Morgan fingerprint density at radius 2 is 2.28 bits per heavy atom. The van der Waals surface area contributed by atoms with Crippen LogP contribution in [0.25, 0.3) is 0 Å². The first kappa shape index (κ1) is 12.9. The maximum Gasteiger partial charge on any atom is 0.161 e. The first-order valence-corrected chi connectivity index (χ1v) is 6.28. The Kier molecular flexibility index (Phi) is 4.19. The highest BCUT2D eigenvalue weighted by atomic mass is 16.5. The van der Waals surface area contributed by atoms with Crippen molar-refractivity contribution in [3.05, 3.63) is 29.8 Å². The second-order valence-corrected chi connectivity index (χ2v) is 4.50. The molecule has 1 aliphatic rings. The molecule has 2 rings (SSSR count). The van der Waals surface area contributed by atoms with Gasteiger partial charge in [0, 0.05) is 18.3 Å². The molecule has 1 aliphatic heterocycles. The summed E-state index contributed by atoms with van der Waals surface area (Å²) in [7, 11) is 1.96. The topological polar surface area (TPSA) is 48.3 Å². The maximum atomic E-state index is 8.97. The lowest BCUT2D eigenvalue weighted by Crippen LogP contribution is -2.42. The standard InChI is InChI=1S/C14H19N3O/c1-11(16-2)13-5-3-4-6-14(13)17-7-8-18-12(9-15)10-17/h3-6,11-12,16H,7-8,10H2,1-2H3. The summed E-state index contributed by atoms with van der Waals surface area (Å²) in [4.78, 5) is 2.24. The molecule has 0 aromatic heterocycles. The van der Waals surface area contributed by atoms with E-state index >= 15 is 0 Å². The van der Waals surface area contributed by atoms with E-state index in [0.29, 0.717) is 19.2 Å². The van der Waals surface area contributed by atoms with Gasteiger partial charge in [-0.2, -0.15) is 5.26 Å². The zero-order valence-electron chi connectivity index (χ0n) is 10.9. The third-order valence-electron chi connectivity index (χ3n) is 3.39. The van der Waals surface area contributed by atoms with Crippen molar-refractivity contribution in [2.45, 2.75) is 19.1 Å². The van der Waals surface area contributed by atoms with E-state index in [4.69, 9.17) is 10.00 Å². The molecule has 2 unspecified atom stereocenters. The molecule has 2 atom stereocenters. The largest absolute Gasteiger partial charge is 0.365 e. The van der Waals surface area contributed by atoms with Gasteiger partial charge in [-0.15, -0.1) is 0 Å². The fourth-order valence-electron chi connectivity index (χ4n) is 2.24. The van der Waals surface area contributed by atoms with Gasteiger partial charge in [0.1, 0.15) is 0 Å². The van der Waals surface area contributed by atoms with Gasteiger partial charge in [0.15, 0.2) is 6.10 Å². The number of nitriles is 1. The second kappa shape index (κ2) is 5.85. The Morgan fingerprint density at radius 1 is 1.50 bits per heavy atom. The highest BCUT2D eigenvalue weighted by Gasteiger charge is 2.22. The van der Waals surface area contributed by atoms with E-state index < -0.39 is 0 Å². The van der Waals surface area contributed by atoms with Gasteiger partial charge in [-0.1, -0.05) is 18.2 Å². The molecule has 0 spiro atoms. The van der Waals surface area contributed by atoms with E-state index in [-0.39, 0.29) is 6.10 Å². The van der Waals surface area contributed by atoms with Crippen LogP contribution >= 0.6 is 0 Å². The quantitative estimate of drug-likeness (QED) is 0.880. The van der Waals surface area contributed by atoms with E-state index in [0.717, 1.165) is 6.54 Å². The van der Waals surface area contributed by atoms with Gasteiger partial charge in [0.05, 0.1) is 19.2 Å². The zero-order valence-corrected chi connectivity index (χ0v) is 10.9. The van der Waals surface area contributed by atoms with Crippen LogP contribution < -0.4 is 10.2 Å². The highest BCUT2D eigenvalue weighted by Crippen LogP contribution is 2.27. The summed E-state index contributed by atoms with van der Waals surface area (Å²) >= 11 is 0. The lowest BCUT2D eigenvalue weighted by molar-refractivity contribution is 0.0763. The molecule has 4 heteroatoms. The highest BCUT2D eigenvalue weighted by molar-refractivity contribution is 5.55. The molecule has 0 saturated carbocycles. The van der Waals surface area contributed by atoms with Crippen LogP contribution in [0.15, 0.2) is 24.3 Å². The van der Waals surface area contributed by atoms with Crippen molar-refractivity contribution in [2.75, 3.05) is 31.6 Å². The van der Waals surface area contributed by atoms with Crippen LogP contribution in [-0.4, -0.2) is 32.8 Å². The summed E-state index contributed by atoms with van der Waals surface area (Å²) in [6, 6.07) is 10.8. The summed E-state index contributed by atoms with van der Waals surface area (Å²) in [6.07, 6.45) is -0.323. The Morgan fingerprint density at radius 3 is 3.00 bits per heavy atom. The van der Waals surface area contributed by atoms with E-state index in [1.165, 1.54) is 11.3 Å². The summed E-state index contributed by atoms with van der Waals surface area (Å²) in [5.41, 5.74) is 2.46. The minimum atomic E-state index is -0.323. The smallest absolute Gasteiger partial charge is 0.161 e. The number of hydrogen-bond acceptors (Lipinski definition) is 4. The van der Waals surface area contributed by atoms with Gasteiger partial charge in [-0.3, -0.25) is 0 Å². The number of anilines is 1. The van der Waals surface area contributed by atoms with E-state index in [1.807, 2.05) is 13.1 Å². The first-order valence-electron chi connectivity index (χ1n) is 6.28. The van der Waals surface area contributed by atoms with Gasteiger partial charge in [0.25, 0.3) is 0 Å². The van der Waals surface area contributed by atoms with Crippen molar-refractivity contribution in [2.24, 2.45) is 0 Å². The predicted octanol–water partition coefficient (Wildman–Crippen LogP) is 1.70. The fraction of sp³-hybridized carbons (Fsp3) is 0.500. The number of rotatable bonds is 3. The van der Waals surface area contributed by atoms with Crippen molar-refractivity contribution < 1.29 is 4.74 Å². The molecule has 0 bridgehead atoms. The monoisotopic (exact) mass is 245 g/mol. The van der Waals surface area contributed by atoms with Crippen LogP contribution in [0.4, 0.5) is 5.69 Å². The van der Waals surface area contributed by atoms with E-state index in [9.17, 15) is 0 Å². The predicted molar refractivity (Wildman–Crippen MR) is 71.5 cm³/mol. The van der Waals surface area contributed by atoms with Crippen molar-refractivity contribution >= 4 is 5.69 Å². The average molecular weight is 245 g/mol. The van der Waals surface area contributed by atoms with Crippen LogP contribution in [0.2, 0.25) is 0 Å². The van der Waals surface area contributed by atoms with Crippen molar-refractivity contribution in [1.29, 1.82) is 5.26 Å². The van der Waals surface area contributed by atoms with Crippen molar-refractivity contribution in [1.82, 2.24) is 5.32 Å². The van der Waals surface area contributed by atoms with Gasteiger partial charge < -0.3 is 15.0 Å². The third kappa shape index (κ3) is 2.63. The minimum absolute atomic E-state index is 0.296. The average Bonchev–Trinajstić information content (AvgIpc) is 2.46. The van der Waals surface area contributed by atoms with Crippen molar-refractivity contribution in [3.63, 3.8) is 0 Å². The van der Waals surface area contributed by atoms with Crippen LogP contribution in [0, 0.1) is 11.3 Å². The summed E-state index contributed by atoms with van der Waals surface area (Å²) < 4.78 is 5.39. The fourth-order valence-corrected chi connectivity index (χ4v) is 2.24. The third-order valence-corrected chi connectivity index (χ3v) is 3.39. The Bertz CT molecular complexity index is 441. The number of nitrogens with zero attached hydrogens (tertiary/aromatic N) is 2. The molecule has 1 saturated heterocycles. The molecule has 0 radical (unpaired) electrons. The molecule has 1 fully saturated rings. The Hall–Kier alpha value is -1.57. The molecular weight excluding hydrogens is 226 g/mol. The van der Waals surface area contributed by atoms with Crippen LogP contribution in [0.1, 0.15) is 18.5 Å². The van der Waals surface area contributed by atoms with Crippen LogP contribution in [-0.2, 0) is 4.74 Å². The molecule has 1 aromatic rings. The number of nitrogens with one attached hydrogen (secondary N) is 1. The lowest BCUT2D eigenvalue weighted by Gasteiger charge is -2.34. The molecular formula is C14H19N3O. The maximum absolute atomic E-state index is 8.97. The van der Waals surface area contributed by atoms with Crippen LogP contribution in [0.3, 0.4) is 0 Å².